The van der Waals surface area contributed by atoms with E-state index in [0.717, 1.165) is 16.1 Å². The maximum atomic E-state index is 12.6. The smallest absolute Gasteiger partial charge is 0.406 e. The van der Waals surface area contributed by atoms with Crippen molar-refractivity contribution >= 4 is 23.3 Å². The quantitative estimate of drug-likeness (QED) is 0.573. The lowest BCUT2D eigenvalue weighted by atomic mass is 10.1. The van der Waals surface area contributed by atoms with E-state index in [0.29, 0.717) is 17.8 Å². The molecule has 0 aliphatic rings. The van der Waals surface area contributed by atoms with Crippen molar-refractivity contribution in [1.29, 1.82) is 0 Å². The Kier molecular flexibility index (Phi) is 5.61. The normalized spacial score (nSPS) is 11.6. The highest BCUT2D eigenvalue weighted by atomic mass is 32.1. The van der Waals surface area contributed by atoms with Gasteiger partial charge in [-0.25, -0.2) is 4.79 Å². The van der Waals surface area contributed by atoms with Gasteiger partial charge in [0.1, 0.15) is 6.54 Å². The van der Waals surface area contributed by atoms with Gasteiger partial charge in [0.15, 0.2) is 11.5 Å². The number of Topliss-reactive ketones (excluding diaryl/α,β-unsaturated/α-hetero) is 1. The average Bonchev–Trinajstić information content (AvgIpc) is 3.11. The second-order valence-electron chi connectivity index (χ2n) is 5.39. The summed E-state index contributed by atoms with van der Waals surface area (Å²) in [6.45, 7) is 2.97. The fourth-order valence-electron chi connectivity index (χ4n) is 2.38. The summed E-state index contributed by atoms with van der Waals surface area (Å²) in [7, 11) is 0. The molecule has 0 bridgehead atoms. The molecule has 2 heterocycles. The number of aryl methyl sites for hydroxylation is 2. The minimum atomic E-state index is -4.39. The zero-order valence-electron chi connectivity index (χ0n) is 13.8. The van der Waals surface area contributed by atoms with E-state index in [2.05, 4.69) is 9.59 Å². The lowest BCUT2D eigenvalue weighted by Gasteiger charge is -2.12. The highest BCUT2D eigenvalue weighted by molar-refractivity contribution is 7.07. The Morgan fingerprint density at radius 2 is 2.00 bits per heavy atom. The molecule has 0 aliphatic heterocycles. The average molecular weight is 375 g/mol. The van der Waals surface area contributed by atoms with Crippen molar-refractivity contribution < 1.29 is 27.5 Å². The van der Waals surface area contributed by atoms with Crippen molar-refractivity contribution in [2.24, 2.45) is 0 Å². The van der Waals surface area contributed by atoms with Gasteiger partial charge in [-0.15, -0.1) is 5.10 Å². The summed E-state index contributed by atoms with van der Waals surface area (Å²) >= 11 is 0.870. The molecule has 0 saturated carbocycles. The van der Waals surface area contributed by atoms with Gasteiger partial charge in [0.25, 0.3) is 0 Å². The third kappa shape index (κ3) is 4.44. The predicted molar refractivity (Wildman–Crippen MR) is 83.9 cm³/mol. The molecule has 2 aromatic rings. The first kappa shape index (κ1) is 19.1. The molecule has 25 heavy (non-hydrogen) atoms. The maximum absolute atomic E-state index is 12.6. The van der Waals surface area contributed by atoms with Crippen molar-refractivity contribution in [3.8, 4) is 0 Å². The summed E-state index contributed by atoms with van der Waals surface area (Å²) < 4.78 is 47.5. The lowest BCUT2D eigenvalue weighted by molar-refractivity contribution is -0.141. The third-order valence-electron chi connectivity index (χ3n) is 3.62. The third-order valence-corrected chi connectivity index (χ3v) is 4.37. The number of alkyl halides is 3. The van der Waals surface area contributed by atoms with Crippen LogP contribution >= 0.6 is 11.5 Å². The molecule has 0 fully saturated rings. The topological polar surface area (TPSA) is 74.1 Å². The first-order valence-electron chi connectivity index (χ1n) is 7.39. The van der Waals surface area contributed by atoms with Crippen LogP contribution in [0.1, 0.15) is 44.0 Å². The Bertz CT molecular complexity index is 796. The number of ketones is 1. The maximum Gasteiger partial charge on any atom is 0.406 e. The SMILES string of the molecule is CCc1nnsc1C(=O)OCC(=O)c1cc(C)n(CC(F)(F)F)c1C. The number of rotatable bonds is 6. The molecule has 0 atom stereocenters. The molecule has 10 heteroatoms. The standard InChI is InChI=1S/C15H16F3N3O3S/c1-4-11-13(25-20-19-11)14(23)24-6-12(22)10-5-8(2)21(9(10)3)7-15(16,17)18/h5H,4,6-7H2,1-3H3. The second kappa shape index (κ2) is 7.34. The van der Waals surface area contributed by atoms with Crippen LogP contribution in [0.15, 0.2) is 6.07 Å². The van der Waals surface area contributed by atoms with Crippen molar-refractivity contribution in [2.75, 3.05) is 6.61 Å². The molecular weight excluding hydrogens is 359 g/mol. The summed E-state index contributed by atoms with van der Waals surface area (Å²) in [4.78, 5) is 24.4. The molecule has 0 aromatic carbocycles. The number of esters is 1. The van der Waals surface area contributed by atoms with Crippen LogP contribution in [-0.4, -0.2) is 38.7 Å². The van der Waals surface area contributed by atoms with Crippen LogP contribution in [0, 0.1) is 13.8 Å². The van der Waals surface area contributed by atoms with Crippen molar-refractivity contribution in [3.63, 3.8) is 0 Å². The van der Waals surface area contributed by atoms with Crippen LogP contribution in [-0.2, 0) is 17.7 Å². The number of nitrogens with zero attached hydrogens (tertiary/aromatic N) is 3. The molecular formula is C15H16F3N3O3S. The number of hydrogen-bond donors (Lipinski definition) is 0. The van der Waals surface area contributed by atoms with Gasteiger partial charge in [-0.3, -0.25) is 4.79 Å². The first-order chi connectivity index (χ1) is 11.6. The van der Waals surface area contributed by atoms with E-state index in [9.17, 15) is 22.8 Å². The van der Waals surface area contributed by atoms with Crippen LogP contribution in [0.5, 0.6) is 0 Å². The number of carbonyl (C=O) groups is 2. The summed E-state index contributed by atoms with van der Waals surface area (Å²) in [6, 6.07) is 1.36. The van der Waals surface area contributed by atoms with Crippen LogP contribution in [0.2, 0.25) is 0 Å². The molecule has 0 saturated heterocycles. The summed E-state index contributed by atoms with van der Waals surface area (Å²) in [5.41, 5.74) is 1.08. The lowest BCUT2D eigenvalue weighted by Crippen LogP contribution is -2.20. The van der Waals surface area contributed by atoms with Gasteiger partial charge in [0.05, 0.1) is 5.69 Å². The van der Waals surface area contributed by atoms with E-state index in [1.807, 2.05) is 0 Å². The molecule has 136 valence electrons. The van der Waals surface area contributed by atoms with Crippen LogP contribution in [0.25, 0.3) is 0 Å². The minimum absolute atomic E-state index is 0.104. The number of hydrogen-bond acceptors (Lipinski definition) is 6. The molecule has 0 amide bonds. The van der Waals surface area contributed by atoms with E-state index >= 15 is 0 Å². The second-order valence-corrected chi connectivity index (χ2v) is 6.14. The van der Waals surface area contributed by atoms with Gasteiger partial charge in [0, 0.05) is 17.0 Å². The van der Waals surface area contributed by atoms with Gasteiger partial charge >= 0.3 is 12.1 Å². The van der Waals surface area contributed by atoms with Gasteiger partial charge in [-0.2, -0.15) is 13.2 Å². The van der Waals surface area contributed by atoms with E-state index in [1.54, 1.807) is 6.92 Å². The number of aromatic nitrogens is 3. The molecule has 2 rings (SSSR count). The summed E-state index contributed by atoms with van der Waals surface area (Å²) in [6.07, 6.45) is -3.90. The molecule has 2 aromatic heterocycles. The highest BCUT2D eigenvalue weighted by Gasteiger charge is 2.30. The molecule has 0 N–H and O–H groups in total. The predicted octanol–water partition coefficient (Wildman–Crippen LogP) is 3.12. The van der Waals surface area contributed by atoms with E-state index in [4.69, 9.17) is 4.74 Å². The van der Waals surface area contributed by atoms with Crippen LogP contribution < -0.4 is 0 Å². The fraction of sp³-hybridized carbons (Fsp3) is 0.467. The summed E-state index contributed by atoms with van der Waals surface area (Å²) in [5.74, 6) is -1.28. The highest BCUT2D eigenvalue weighted by Crippen LogP contribution is 2.23. The molecule has 6 nitrogen and oxygen atoms in total. The van der Waals surface area contributed by atoms with Crippen molar-refractivity contribution in [1.82, 2.24) is 14.2 Å². The first-order valence-corrected chi connectivity index (χ1v) is 8.16. The van der Waals surface area contributed by atoms with E-state index in [1.165, 1.54) is 19.9 Å². The molecule has 0 unspecified atom stereocenters. The number of carbonyl (C=O) groups excluding carboxylic acids is 2. The Balaban J connectivity index is 2.09. The van der Waals surface area contributed by atoms with Gasteiger partial charge in [-0.05, 0) is 37.9 Å². The Hall–Kier alpha value is -2.23. The molecule has 0 radical (unpaired) electrons. The minimum Gasteiger partial charge on any atom is -0.453 e. The molecule has 0 spiro atoms. The van der Waals surface area contributed by atoms with Gasteiger partial charge < -0.3 is 9.30 Å². The Morgan fingerprint density at radius 3 is 2.60 bits per heavy atom. The van der Waals surface area contributed by atoms with Crippen molar-refractivity contribution in [3.05, 3.63) is 33.6 Å². The van der Waals surface area contributed by atoms with Crippen molar-refractivity contribution in [2.45, 2.75) is 39.9 Å². The molecule has 0 aliphatic carbocycles. The largest absolute Gasteiger partial charge is 0.453 e. The Morgan fingerprint density at radius 1 is 1.32 bits per heavy atom. The Labute approximate surface area is 145 Å². The van der Waals surface area contributed by atoms with Crippen LogP contribution in [0.3, 0.4) is 0 Å². The number of ether oxygens (including phenoxy) is 1. The van der Waals surface area contributed by atoms with E-state index in [-0.39, 0.29) is 16.1 Å². The van der Waals surface area contributed by atoms with Gasteiger partial charge in [0.2, 0.25) is 5.78 Å². The summed E-state index contributed by atoms with van der Waals surface area (Å²) in [5, 5.41) is 3.78. The van der Waals surface area contributed by atoms with E-state index < -0.39 is 31.1 Å². The van der Waals surface area contributed by atoms with Gasteiger partial charge in [-0.1, -0.05) is 11.4 Å². The fourth-order valence-corrected chi connectivity index (χ4v) is 3.02. The monoisotopic (exact) mass is 375 g/mol. The van der Waals surface area contributed by atoms with Crippen LogP contribution in [0.4, 0.5) is 13.2 Å². The number of halogens is 3. The zero-order valence-corrected chi connectivity index (χ0v) is 14.6. The zero-order chi connectivity index (χ0) is 18.8.